The molecule has 0 saturated heterocycles. The average Bonchev–Trinajstić information content (AvgIpc) is 2.30. The molecule has 1 N–H and O–H groups in total. The van der Waals surface area contributed by atoms with E-state index >= 15 is 0 Å². The van der Waals surface area contributed by atoms with Crippen molar-refractivity contribution in [3.8, 4) is 6.01 Å². The van der Waals surface area contributed by atoms with Crippen LogP contribution in [0.2, 0.25) is 5.28 Å². The second-order valence-corrected chi connectivity index (χ2v) is 4.46. The van der Waals surface area contributed by atoms with Crippen molar-refractivity contribution in [1.29, 1.82) is 0 Å². The van der Waals surface area contributed by atoms with E-state index in [1.807, 2.05) is 6.92 Å². The molecular weight excluding hydrogens is 240 g/mol. The van der Waals surface area contributed by atoms with Gasteiger partial charge < -0.3 is 10.1 Å². The number of ether oxygens (including phenoxy) is 1. The Morgan fingerprint density at radius 3 is 2.71 bits per heavy atom. The molecule has 1 fully saturated rings. The molecule has 0 radical (unpaired) electrons. The quantitative estimate of drug-likeness (QED) is 0.898. The van der Waals surface area contributed by atoms with Gasteiger partial charge in [0.05, 0.1) is 0 Å². The molecule has 1 aromatic heterocycles. The smallest absolute Gasteiger partial charge is 0.322 e. The first-order chi connectivity index (χ1) is 8.28. The first-order valence-electron chi connectivity index (χ1n) is 6.10. The van der Waals surface area contributed by atoms with E-state index in [-0.39, 0.29) is 11.4 Å². The first-order valence-corrected chi connectivity index (χ1v) is 6.48. The summed E-state index contributed by atoms with van der Waals surface area (Å²) in [6, 6.07) is 0.327. The topological polar surface area (TPSA) is 59.9 Å². The Kier molecular flexibility index (Phi) is 4.36. The lowest BCUT2D eigenvalue weighted by molar-refractivity contribution is 0.141. The summed E-state index contributed by atoms with van der Waals surface area (Å²) in [5, 5.41) is 3.17. The van der Waals surface area contributed by atoms with E-state index in [9.17, 15) is 0 Å². The van der Waals surface area contributed by atoms with Crippen LogP contribution in [0.5, 0.6) is 6.01 Å². The third-order valence-electron chi connectivity index (χ3n) is 2.75. The molecule has 1 heterocycles. The van der Waals surface area contributed by atoms with Gasteiger partial charge in [-0.15, -0.1) is 0 Å². The van der Waals surface area contributed by atoms with Crippen LogP contribution in [-0.4, -0.2) is 27.6 Å². The van der Waals surface area contributed by atoms with Gasteiger partial charge in [0.1, 0.15) is 6.10 Å². The van der Waals surface area contributed by atoms with Crippen LogP contribution in [0.15, 0.2) is 0 Å². The molecule has 1 saturated carbocycles. The van der Waals surface area contributed by atoms with Gasteiger partial charge in [0, 0.05) is 6.54 Å². The van der Waals surface area contributed by atoms with E-state index in [4.69, 9.17) is 16.3 Å². The highest BCUT2D eigenvalue weighted by molar-refractivity contribution is 6.28. The van der Waals surface area contributed by atoms with Crippen molar-refractivity contribution in [2.24, 2.45) is 0 Å². The van der Waals surface area contributed by atoms with Gasteiger partial charge in [-0.1, -0.05) is 6.42 Å². The molecular formula is C11H17ClN4O. The van der Waals surface area contributed by atoms with Crippen LogP contribution in [0.4, 0.5) is 5.95 Å². The van der Waals surface area contributed by atoms with Crippen LogP contribution in [0.3, 0.4) is 0 Å². The summed E-state index contributed by atoms with van der Waals surface area (Å²) in [4.78, 5) is 12.1. The Hall–Kier alpha value is -1.10. The maximum Gasteiger partial charge on any atom is 0.322 e. The summed E-state index contributed by atoms with van der Waals surface area (Å²) < 4.78 is 5.74. The summed E-state index contributed by atoms with van der Waals surface area (Å²) in [7, 11) is 0. The van der Waals surface area contributed by atoms with Gasteiger partial charge in [-0.2, -0.15) is 15.0 Å². The number of hydrogen-bond acceptors (Lipinski definition) is 5. The number of hydrogen-bond donors (Lipinski definition) is 1. The minimum Gasteiger partial charge on any atom is -0.460 e. The van der Waals surface area contributed by atoms with Crippen molar-refractivity contribution >= 4 is 17.5 Å². The number of anilines is 1. The maximum absolute atomic E-state index is 5.82. The zero-order chi connectivity index (χ0) is 12.1. The number of aromatic nitrogens is 3. The minimum atomic E-state index is 0.168. The predicted molar refractivity (Wildman–Crippen MR) is 66.5 cm³/mol. The lowest BCUT2D eigenvalue weighted by Crippen LogP contribution is -2.21. The third kappa shape index (κ3) is 3.70. The molecule has 0 spiro atoms. The van der Waals surface area contributed by atoms with Crippen molar-refractivity contribution in [3.05, 3.63) is 5.28 Å². The van der Waals surface area contributed by atoms with Crippen LogP contribution >= 0.6 is 11.6 Å². The van der Waals surface area contributed by atoms with Crippen molar-refractivity contribution in [2.45, 2.75) is 45.1 Å². The molecule has 0 unspecified atom stereocenters. The fourth-order valence-corrected chi connectivity index (χ4v) is 2.11. The largest absolute Gasteiger partial charge is 0.460 e. The standard InChI is InChI=1S/C11H17ClN4O/c1-2-13-10-14-9(12)15-11(16-10)17-8-6-4-3-5-7-8/h8H,2-7H2,1H3,(H,13,14,15,16). The average molecular weight is 257 g/mol. The second-order valence-electron chi connectivity index (χ2n) is 4.12. The molecule has 0 atom stereocenters. The Bertz CT molecular complexity index is 368. The minimum absolute atomic E-state index is 0.168. The highest BCUT2D eigenvalue weighted by atomic mass is 35.5. The first kappa shape index (κ1) is 12.4. The second kappa shape index (κ2) is 6.00. The van der Waals surface area contributed by atoms with Gasteiger partial charge in [0.2, 0.25) is 11.2 Å². The lowest BCUT2D eigenvalue weighted by Gasteiger charge is -2.21. The molecule has 0 bridgehead atoms. The van der Waals surface area contributed by atoms with Gasteiger partial charge in [-0.25, -0.2) is 0 Å². The summed E-state index contributed by atoms with van der Waals surface area (Å²) in [6.45, 7) is 2.71. The van der Waals surface area contributed by atoms with Crippen LogP contribution < -0.4 is 10.1 Å². The van der Waals surface area contributed by atoms with Crippen LogP contribution in [-0.2, 0) is 0 Å². The van der Waals surface area contributed by atoms with E-state index in [0.29, 0.717) is 12.0 Å². The summed E-state index contributed by atoms with van der Waals surface area (Å²) in [5.41, 5.74) is 0. The lowest BCUT2D eigenvalue weighted by atomic mass is 9.98. The molecule has 6 heteroatoms. The zero-order valence-electron chi connectivity index (χ0n) is 9.95. The Balaban J connectivity index is 2.03. The number of nitrogens with one attached hydrogen (secondary N) is 1. The van der Waals surface area contributed by atoms with E-state index in [0.717, 1.165) is 19.4 Å². The van der Waals surface area contributed by atoms with E-state index < -0.39 is 0 Å². The molecule has 0 aromatic carbocycles. The van der Waals surface area contributed by atoms with Crippen molar-refractivity contribution in [2.75, 3.05) is 11.9 Å². The normalized spacial score (nSPS) is 16.8. The summed E-state index contributed by atoms with van der Waals surface area (Å²) in [5.74, 6) is 0.471. The van der Waals surface area contributed by atoms with Crippen molar-refractivity contribution in [1.82, 2.24) is 15.0 Å². The van der Waals surface area contributed by atoms with Gasteiger partial charge in [0.25, 0.3) is 0 Å². The van der Waals surface area contributed by atoms with E-state index in [1.165, 1.54) is 19.3 Å². The molecule has 5 nitrogen and oxygen atoms in total. The molecule has 17 heavy (non-hydrogen) atoms. The highest BCUT2D eigenvalue weighted by Gasteiger charge is 2.17. The van der Waals surface area contributed by atoms with Gasteiger partial charge in [0.15, 0.2) is 0 Å². The molecule has 0 amide bonds. The van der Waals surface area contributed by atoms with Gasteiger partial charge in [-0.3, -0.25) is 0 Å². The number of rotatable bonds is 4. The summed E-state index contributed by atoms with van der Waals surface area (Å²) in [6.07, 6.45) is 6.07. The van der Waals surface area contributed by atoms with Crippen molar-refractivity contribution < 1.29 is 4.74 Å². The van der Waals surface area contributed by atoms with Gasteiger partial charge >= 0.3 is 6.01 Å². The van der Waals surface area contributed by atoms with Crippen LogP contribution in [0, 0.1) is 0 Å². The van der Waals surface area contributed by atoms with Gasteiger partial charge in [-0.05, 0) is 44.2 Å². The molecule has 0 aliphatic heterocycles. The Morgan fingerprint density at radius 1 is 1.24 bits per heavy atom. The van der Waals surface area contributed by atoms with Crippen LogP contribution in [0.1, 0.15) is 39.0 Å². The zero-order valence-corrected chi connectivity index (χ0v) is 10.7. The molecule has 94 valence electrons. The SMILES string of the molecule is CCNc1nc(Cl)nc(OC2CCCCC2)n1. The fourth-order valence-electron chi connectivity index (χ4n) is 1.95. The number of halogens is 1. The molecule has 1 aliphatic rings. The fraction of sp³-hybridized carbons (Fsp3) is 0.727. The predicted octanol–water partition coefficient (Wildman–Crippen LogP) is 2.67. The molecule has 2 rings (SSSR count). The maximum atomic E-state index is 5.82. The van der Waals surface area contributed by atoms with E-state index in [2.05, 4.69) is 20.3 Å². The monoisotopic (exact) mass is 256 g/mol. The summed E-state index contributed by atoms with van der Waals surface area (Å²) >= 11 is 5.82. The Labute approximate surface area is 106 Å². The van der Waals surface area contributed by atoms with E-state index in [1.54, 1.807) is 0 Å². The molecule has 1 aromatic rings. The van der Waals surface area contributed by atoms with Crippen LogP contribution in [0.25, 0.3) is 0 Å². The van der Waals surface area contributed by atoms with Crippen molar-refractivity contribution in [3.63, 3.8) is 0 Å². The Morgan fingerprint density at radius 2 is 2.00 bits per heavy atom. The molecule has 1 aliphatic carbocycles. The number of nitrogens with zero attached hydrogens (tertiary/aromatic N) is 3. The highest BCUT2D eigenvalue weighted by Crippen LogP contribution is 2.22. The third-order valence-corrected chi connectivity index (χ3v) is 2.92.